The smallest absolute Gasteiger partial charge is 0.337 e. The molecule has 1 aliphatic rings. The minimum atomic E-state index is -0.844. The third kappa shape index (κ3) is 4.44. The first kappa shape index (κ1) is 23.2. The van der Waals surface area contributed by atoms with E-state index in [1.807, 2.05) is 37.3 Å². The zero-order chi connectivity index (χ0) is 24.2. The maximum Gasteiger partial charge on any atom is 0.337 e. The summed E-state index contributed by atoms with van der Waals surface area (Å²) in [6.45, 7) is 3.80. The Balaban J connectivity index is 2.01. The summed E-state index contributed by atoms with van der Waals surface area (Å²) >= 11 is 1.39. The van der Waals surface area contributed by atoms with Gasteiger partial charge in [-0.05, 0) is 23.8 Å². The number of H-pyrrole nitrogens is 1. The van der Waals surface area contributed by atoms with Crippen LogP contribution in [0.2, 0.25) is 0 Å². The second-order valence-electron chi connectivity index (χ2n) is 7.35. The predicted octanol–water partition coefficient (Wildman–Crippen LogP) is 4.32. The third-order valence-corrected chi connectivity index (χ3v) is 6.06. The van der Waals surface area contributed by atoms with Crippen molar-refractivity contribution in [3.05, 3.63) is 97.3 Å². The second kappa shape index (κ2) is 9.92. The topological polar surface area (TPSA) is 127 Å². The highest BCUT2D eigenvalue weighted by Gasteiger charge is 2.38. The van der Waals surface area contributed by atoms with E-state index in [1.54, 1.807) is 19.1 Å². The van der Waals surface area contributed by atoms with Crippen LogP contribution >= 0.6 is 11.8 Å². The molecule has 0 radical (unpaired) electrons. The monoisotopic (exact) mass is 478 g/mol. The summed E-state index contributed by atoms with van der Waals surface area (Å²) in [5, 5.41) is 14.8. The summed E-state index contributed by atoms with van der Waals surface area (Å²) in [6, 6.07) is 15.0. The number of nitrogens with one attached hydrogen (secondary N) is 2. The van der Waals surface area contributed by atoms with E-state index in [0.29, 0.717) is 28.0 Å². The molecule has 1 aliphatic heterocycles. The number of thioether (sulfide) groups is 1. The van der Waals surface area contributed by atoms with Crippen LogP contribution in [0.15, 0.2) is 70.1 Å². The van der Waals surface area contributed by atoms with Gasteiger partial charge in [0.15, 0.2) is 5.16 Å². The fourth-order valence-electron chi connectivity index (χ4n) is 3.89. The number of carbonyl (C=O) groups excluding carboxylic acids is 1. The molecule has 4 rings (SSSR count). The van der Waals surface area contributed by atoms with Gasteiger partial charge in [0, 0.05) is 12.1 Å². The van der Waals surface area contributed by atoms with Crippen molar-refractivity contribution in [2.45, 2.75) is 24.9 Å². The summed E-state index contributed by atoms with van der Waals surface area (Å²) < 4.78 is 5.38. The van der Waals surface area contributed by atoms with Gasteiger partial charge in [0.25, 0.3) is 11.2 Å². The Morgan fingerprint density at radius 2 is 1.85 bits per heavy atom. The van der Waals surface area contributed by atoms with Crippen molar-refractivity contribution in [2.75, 3.05) is 17.7 Å². The summed E-state index contributed by atoms with van der Waals surface area (Å²) in [4.78, 5) is 44.6. The number of nitrogens with zero attached hydrogens (tertiary/aromatic N) is 2. The highest BCUT2D eigenvalue weighted by molar-refractivity contribution is 7.99. The minimum absolute atomic E-state index is 0.0930. The Morgan fingerprint density at radius 3 is 2.47 bits per heavy atom. The lowest BCUT2D eigenvalue weighted by Crippen LogP contribution is -2.31. The average Bonchev–Trinajstić information content (AvgIpc) is 2.84. The fraction of sp³-hybridized carbons (Fsp3) is 0.208. The van der Waals surface area contributed by atoms with Crippen LogP contribution in [0.1, 0.15) is 36.5 Å². The number of hydrogen-bond donors (Lipinski definition) is 2. The van der Waals surface area contributed by atoms with Crippen molar-refractivity contribution < 1.29 is 14.5 Å². The molecule has 34 heavy (non-hydrogen) atoms. The quantitative estimate of drug-likeness (QED) is 0.169. The molecule has 0 amide bonds. The zero-order valence-corrected chi connectivity index (χ0v) is 19.3. The van der Waals surface area contributed by atoms with Crippen LogP contribution in [0.5, 0.6) is 0 Å². The van der Waals surface area contributed by atoms with E-state index >= 15 is 0 Å². The normalized spacial score (nSPS) is 14.8. The van der Waals surface area contributed by atoms with Gasteiger partial charge in [0.2, 0.25) is 0 Å². The van der Waals surface area contributed by atoms with Gasteiger partial charge in [0.1, 0.15) is 5.82 Å². The number of aromatic amines is 1. The van der Waals surface area contributed by atoms with Gasteiger partial charge in [0.05, 0.1) is 34.3 Å². The van der Waals surface area contributed by atoms with Crippen molar-refractivity contribution >= 4 is 34.9 Å². The zero-order valence-electron chi connectivity index (χ0n) is 18.5. The van der Waals surface area contributed by atoms with Crippen LogP contribution in [0.3, 0.4) is 0 Å². The summed E-state index contributed by atoms with van der Waals surface area (Å²) in [7, 11) is 0. The number of nitro benzene ring substituents is 1. The molecule has 10 heteroatoms. The van der Waals surface area contributed by atoms with Crippen LogP contribution in [0.4, 0.5) is 11.5 Å². The van der Waals surface area contributed by atoms with Crippen LogP contribution in [-0.2, 0) is 9.53 Å². The van der Waals surface area contributed by atoms with Crippen molar-refractivity contribution in [3.8, 4) is 0 Å². The van der Waals surface area contributed by atoms with Gasteiger partial charge >= 0.3 is 5.97 Å². The van der Waals surface area contributed by atoms with Crippen LogP contribution < -0.4 is 10.9 Å². The van der Waals surface area contributed by atoms with E-state index in [-0.39, 0.29) is 23.4 Å². The van der Waals surface area contributed by atoms with Gasteiger partial charge < -0.3 is 15.0 Å². The molecule has 0 saturated carbocycles. The number of rotatable bonds is 7. The predicted molar refractivity (Wildman–Crippen MR) is 130 cm³/mol. The Morgan fingerprint density at radius 1 is 1.15 bits per heavy atom. The molecular formula is C24H22N4O5S. The van der Waals surface area contributed by atoms with Gasteiger partial charge in [-0.25, -0.2) is 9.78 Å². The molecule has 1 atom stereocenters. The third-order valence-electron chi connectivity index (χ3n) is 5.30. The van der Waals surface area contributed by atoms with Crippen molar-refractivity contribution in [1.29, 1.82) is 0 Å². The molecule has 2 N–H and O–H groups in total. The number of ether oxygens (including phenoxy) is 1. The van der Waals surface area contributed by atoms with E-state index in [9.17, 15) is 19.7 Å². The molecule has 3 aromatic rings. The molecular weight excluding hydrogens is 456 g/mol. The van der Waals surface area contributed by atoms with Crippen LogP contribution in [-0.4, -0.2) is 33.2 Å². The second-order valence-corrected chi connectivity index (χ2v) is 8.60. The first-order valence-corrected chi connectivity index (χ1v) is 11.7. The Labute approximate surface area is 199 Å². The highest BCUT2D eigenvalue weighted by Crippen LogP contribution is 2.43. The number of carbonyl (C=O) groups is 1. The minimum Gasteiger partial charge on any atom is -0.463 e. The number of anilines is 1. The maximum atomic E-state index is 13.3. The molecule has 2 aromatic carbocycles. The number of esters is 1. The van der Waals surface area contributed by atoms with Gasteiger partial charge in [-0.2, -0.15) is 0 Å². The number of aromatic nitrogens is 2. The van der Waals surface area contributed by atoms with E-state index in [4.69, 9.17) is 4.74 Å². The molecule has 0 bridgehead atoms. The van der Waals surface area contributed by atoms with Gasteiger partial charge in [-0.1, -0.05) is 61.2 Å². The van der Waals surface area contributed by atoms with Crippen molar-refractivity contribution in [1.82, 2.24) is 9.97 Å². The summed E-state index contributed by atoms with van der Waals surface area (Å²) in [6.07, 6.45) is 0. The maximum absolute atomic E-state index is 13.3. The van der Waals surface area contributed by atoms with E-state index in [2.05, 4.69) is 15.3 Å². The van der Waals surface area contributed by atoms with Crippen molar-refractivity contribution in [3.63, 3.8) is 0 Å². The Bertz CT molecular complexity index is 1320. The molecule has 174 valence electrons. The van der Waals surface area contributed by atoms with Gasteiger partial charge in [-0.15, -0.1) is 0 Å². The van der Waals surface area contributed by atoms with Crippen molar-refractivity contribution in [2.24, 2.45) is 0 Å². The average molecular weight is 479 g/mol. The lowest BCUT2D eigenvalue weighted by molar-refractivity contribution is -0.384. The first-order chi connectivity index (χ1) is 16.4. The SMILES string of the molecule is CCOC(=O)C1=C(c2ccccc2)Nc2nc(SCC)[nH]c(=O)c2[C@@H]1c1ccc([N+](=O)[O-])cc1. The highest BCUT2D eigenvalue weighted by atomic mass is 32.2. The molecule has 0 saturated heterocycles. The lowest BCUT2D eigenvalue weighted by atomic mass is 9.81. The van der Waals surface area contributed by atoms with Crippen LogP contribution in [0.25, 0.3) is 5.70 Å². The lowest BCUT2D eigenvalue weighted by Gasteiger charge is -2.30. The molecule has 0 aliphatic carbocycles. The molecule has 1 aromatic heterocycles. The number of fused-ring (bicyclic) bond motifs is 1. The Hall–Kier alpha value is -3.92. The number of benzene rings is 2. The first-order valence-electron chi connectivity index (χ1n) is 10.7. The largest absolute Gasteiger partial charge is 0.463 e. The molecule has 0 unspecified atom stereocenters. The number of non-ortho nitro benzene ring substituents is 1. The van der Waals surface area contributed by atoms with E-state index in [0.717, 1.165) is 5.56 Å². The molecule has 9 nitrogen and oxygen atoms in total. The molecule has 0 fully saturated rings. The molecule has 2 heterocycles. The Kier molecular flexibility index (Phi) is 6.78. The van der Waals surface area contributed by atoms with E-state index < -0.39 is 22.4 Å². The van der Waals surface area contributed by atoms with Crippen LogP contribution in [0, 0.1) is 10.1 Å². The molecule has 0 spiro atoms. The standard InChI is InChI=1S/C24H22N4O5S/c1-3-33-23(30)18-17(14-10-12-16(13-11-14)28(31)32)19-21(26-24(34-4-2)27-22(19)29)25-20(18)15-8-6-5-7-9-15/h5-13,17H,3-4H2,1-2H3,(H2,25,26,27,29)/t17-/m1/s1. The van der Waals surface area contributed by atoms with E-state index in [1.165, 1.54) is 23.9 Å². The fourth-order valence-corrected chi connectivity index (χ4v) is 4.48. The number of hydrogen-bond acceptors (Lipinski definition) is 8. The summed E-state index contributed by atoms with van der Waals surface area (Å²) in [5.41, 5.74) is 1.72. The number of nitro groups is 1. The summed E-state index contributed by atoms with van der Waals surface area (Å²) in [5.74, 6) is -0.393. The van der Waals surface area contributed by atoms with Gasteiger partial charge in [-0.3, -0.25) is 14.9 Å².